The van der Waals surface area contributed by atoms with E-state index in [0.29, 0.717) is 18.1 Å². The van der Waals surface area contributed by atoms with Gasteiger partial charge in [0.05, 0.1) is 12.5 Å². The first-order valence-corrected chi connectivity index (χ1v) is 7.30. The van der Waals surface area contributed by atoms with Crippen LogP contribution in [0.4, 0.5) is 0 Å². The van der Waals surface area contributed by atoms with E-state index in [0.717, 1.165) is 0 Å². The number of carboxylic acids is 1. The second-order valence-corrected chi connectivity index (χ2v) is 6.48. The van der Waals surface area contributed by atoms with Crippen molar-refractivity contribution in [2.24, 2.45) is 0 Å². The largest absolute Gasteiger partial charge is 0.493 e. The van der Waals surface area contributed by atoms with E-state index in [-0.39, 0.29) is 5.37 Å². The van der Waals surface area contributed by atoms with E-state index in [4.69, 9.17) is 9.47 Å². The fourth-order valence-corrected chi connectivity index (χ4v) is 3.58. The minimum Gasteiger partial charge on any atom is -0.493 e. The molecule has 1 heterocycles. The van der Waals surface area contributed by atoms with Gasteiger partial charge in [0.25, 0.3) is 0 Å². The predicted molar refractivity (Wildman–Crippen MR) is 78.5 cm³/mol. The van der Waals surface area contributed by atoms with Crippen molar-refractivity contribution in [3.63, 3.8) is 0 Å². The highest BCUT2D eigenvalue weighted by molar-refractivity contribution is 8.01. The van der Waals surface area contributed by atoms with Crippen molar-refractivity contribution >= 4 is 17.7 Å². The average molecular weight is 297 g/mol. The van der Waals surface area contributed by atoms with Gasteiger partial charge in [-0.3, -0.25) is 10.1 Å². The zero-order valence-corrected chi connectivity index (χ0v) is 12.6. The Labute approximate surface area is 122 Å². The monoisotopic (exact) mass is 297 g/mol. The van der Waals surface area contributed by atoms with E-state index >= 15 is 0 Å². The summed E-state index contributed by atoms with van der Waals surface area (Å²) in [5, 5.41) is 12.0. The van der Waals surface area contributed by atoms with Crippen LogP contribution in [0.3, 0.4) is 0 Å². The maximum absolute atomic E-state index is 11.2. The van der Waals surface area contributed by atoms with Gasteiger partial charge in [-0.2, -0.15) is 0 Å². The quantitative estimate of drug-likeness (QED) is 0.866. The van der Waals surface area contributed by atoms with Crippen LogP contribution in [0, 0.1) is 0 Å². The summed E-state index contributed by atoms with van der Waals surface area (Å²) in [6, 6.07) is 7.40. The molecule has 6 heteroatoms. The van der Waals surface area contributed by atoms with Gasteiger partial charge in [-0.05, 0) is 26.0 Å². The number of methoxy groups -OCH3 is 1. The van der Waals surface area contributed by atoms with Crippen molar-refractivity contribution in [2.75, 3.05) is 13.7 Å². The Kier molecular flexibility index (Phi) is 4.45. The lowest BCUT2D eigenvalue weighted by atomic mass is 10.0. The molecule has 0 amide bonds. The van der Waals surface area contributed by atoms with Crippen LogP contribution in [-0.4, -0.2) is 41.0 Å². The molecule has 1 aliphatic heterocycles. The minimum absolute atomic E-state index is 0.0592. The molecule has 110 valence electrons. The van der Waals surface area contributed by atoms with Gasteiger partial charge < -0.3 is 14.6 Å². The minimum atomic E-state index is -0.799. The number of hydrogen-bond donors (Lipinski definition) is 2. The van der Waals surface area contributed by atoms with Crippen LogP contribution in [-0.2, 0) is 4.79 Å². The summed E-state index contributed by atoms with van der Waals surface area (Å²) >= 11 is 1.38. The summed E-state index contributed by atoms with van der Waals surface area (Å²) in [7, 11) is 1.59. The van der Waals surface area contributed by atoms with E-state index in [1.54, 1.807) is 7.11 Å². The molecule has 0 saturated carbocycles. The standard InChI is InChI=1S/C14H19NO4S/c1-14(2)12(13(16)17)20-11(15-14)8-19-10-7-5-4-6-9(10)18-3/h4-7,11-12,15H,8H2,1-3H3,(H,16,17). The van der Waals surface area contributed by atoms with Crippen LogP contribution in [0.5, 0.6) is 11.5 Å². The molecular formula is C14H19NO4S. The maximum Gasteiger partial charge on any atom is 0.318 e. The van der Waals surface area contributed by atoms with Crippen molar-refractivity contribution in [3.8, 4) is 11.5 Å². The topological polar surface area (TPSA) is 67.8 Å². The van der Waals surface area contributed by atoms with E-state index in [1.165, 1.54) is 11.8 Å². The van der Waals surface area contributed by atoms with Crippen LogP contribution in [0.25, 0.3) is 0 Å². The highest BCUT2D eigenvalue weighted by Gasteiger charge is 2.45. The van der Waals surface area contributed by atoms with E-state index in [1.807, 2.05) is 38.1 Å². The summed E-state index contributed by atoms with van der Waals surface area (Å²) in [5.41, 5.74) is -0.453. The third kappa shape index (κ3) is 3.19. The molecule has 0 aromatic heterocycles. The Morgan fingerprint density at radius 2 is 2.05 bits per heavy atom. The molecule has 0 aliphatic carbocycles. The number of rotatable bonds is 5. The molecule has 1 fully saturated rings. The lowest BCUT2D eigenvalue weighted by Crippen LogP contribution is -2.47. The number of nitrogens with one attached hydrogen (secondary N) is 1. The average Bonchev–Trinajstić information content (AvgIpc) is 2.72. The first-order valence-electron chi connectivity index (χ1n) is 6.36. The van der Waals surface area contributed by atoms with Crippen LogP contribution in [0.1, 0.15) is 13.8 Å². The SMILES string of the molecule is COc1ccccc1OCC1NC(C)(C)C(C(=O)O)S1. The van der Waals surface area contributed by atoms with Gasteiger partial charge in [0.15, 0.2) is 11.5 Å². The molecule has 20 heavy (non-hydrogen) atoms. The number of hydrogen-bond acceptors (Lipinski definition) is 5. The predicted octanol–water partition coefficient (Wildman–Crippen LogP) is 1.97. The Morgan fingerprint density at radius 1 is 1.40 bits per heavy atom. The van der Waals surface area contributed by atoms with Gasteiger partial charge in [-0.25, -0.2) is 0 Å². The smallest absolute Gasteiger partial charge is 0.318 e. The zero-order chi connectivity index (χ0) is 14.8. The third-order valence-electron chi connectivity index (χ3n) is 3.17. The molecule has 2 unspecified atom stereocenters. The molecule has 2 atom stereocenters. The van der Waals surface area contributed by atoms with Crippen LogP contribution < -0.4 is 14.8 Å². The zero-order valence-electron chi connectivity index (χ0n) is 11.8. The Balaban J connectivity index is 1.97. The normalized spacial score (nSPS) is 24.4. The highest BCUT2D eigenvalue weighted by Crippen LogP contribution is 2.35. The number of ether oxygens (including phenoxy) is 2. The van der Waals surface area contributed by atoms with Gasteiger partial charge in [0, 0.05) is 5.54 Å². The summed E-state index contributed by atoms with van der Waals surface area (Å²) in [4.78, 5) is 11.2. The van der Waals surface area contributed by atoms with Crippen molar-refractivity contribution in [2.45, 2.75) is 30.0 Å². The highest BCUT2D eigenvalue weighted by atomic mass is 32.2. The molecule has 1 aromatic carbocycles. The van der Waals surface area contributed by atoms with Crippen LogP contribution in [0.2, 0.25) is 0 Å². The first-order chi connectivity index (χ1) is 9.44. The van der Waals surface area contributed by atoms with E-state index in [2.05, 4.69) is 5.32 Å². The van der Waals surface area contributed by atoms with Gasteiger partial charge in [-0.15, -0.1) is 11.8 Å². The third-order valence-corrected chi connectivity index (χ3v) is 4.82. The van der Waals surface area contributed by atoms with E-state index < -0.39 is 16.8 Å². The lowest BCUT2D eigenvalue weighted by Gasteiger charge is -2.22. The van der Waals surface area contributed by atoms with Crippen LogP contribution in [0.15, 0.2) is 24.3 Å². The number of thioether (sulfide) groups is 1. The second kappa shape index (κ2) is 5.93. The van der Waals surface area contributed by atoms with Gasteiger partial charge in [0.2, 0.25) is 0 Å². The number of benzene rings is 1. The summed E-state index contributed by atoms with van der Waals surface area (Å²) in [6.07, 6.45) is 0. The molecule has 2 N–H and O–H groups in total. The molecule has 1 aromatic rings. The molecule has 2 rings (SSSR count). The van der Waals surface area contributed by atoms with Crippen molar-refractivity contribution in [3.05, 3.63) is 24.3 Å². The second-order valence-electron chi connectivity index (χ2n) is 5.17. The van der Waals surface area contributed by atoms with Crippen molar-refractivity contribution in [1.82, 2.24) is 5.32 Å². The fourth-order valence-electron chi connectivity index (χ4n) is 2.21. The van der Waals surface area contributed by atoms with Gasteiger partial charge in [-0.1, -0.05) is 12.1 Å². The fraction of sp³-hybridized carbons (Fsp3) is 0.500. The number of aliphatic carboxylic acids is 1. The Morgan fingerprint density at radius 3 is 2.60 bits per heavy atom. The Hall–Kier alpha value is -1.40. The molecule has 1 aliphatic rings. The number of carboxylic acid groups (broad SMARTS) is 1. The molecule has 0 radical (unpaired) electrons. The maximum atomic E-state index is 11.2. The number of carbonyl (C=O) groups is 1. The molecular weight excluding hydrogens is 278 g/mol. The van der Waals surface area contributed by atoms with E-state index in [9.17, 15) is 9.90 Å². The van der Waals surface area contributed by atoms with Crippen molar-refractivity contribution < 1.29 is 19.4 Å². The number of para-hydroxylation sites is 2. The van der Waals surface area contributed by atoms with Gasteiger partial charge >= 0.3 is 5.97 Å². The molecule has 5 nitrogen and oxygen atoms in total. The first kappa shape index (κ1) is 15.0. The van der Waals surface area contributed by atoms with Gasteiger partial charge in [0.1, 0.15) is 11.9 Å². The Bertz CT molecular complexity index is 492. The lowest BCUT2D eigenvalue weighted by molar-refractivity contribution is -0.137. The summed E-state index contributed by atoms with van der Waals surface area (Å²) in [6.45, 7) is 4.17. The molecule has 0 bridgehead atoms. The summed E-state index contributed by atoms with van der Waals surface area (Å²) < 4.78 is 10.9. The summed E-state index contributed by atoms with van der Waals surface area (Å²) in [5.74, 6) is 0.533. The van der Waals surface area contributed by atoms with Crippen LogP contribution >= 0.6 is 11.8 Å². The molecule has 1 saturated heterocycles. The molecule has 0 spiro atoms. The van der Waals surface area contributed by atoms with Crippen molar-refractivity contribution in [1.29, 1.82) is 0 Å².